The third-order valence-electron chi connectivity index (χ3n) is 3.71. The summed E-state index contributed by atoms with van der Waals surface area (Å²) in [5, 5.41) is 2.73. The molecule has 0 heterocycles. The molecule has 5 heteroatoms. The van der Waals surface area contributed by atoms with Gasteiger partial charge in [-0.05, 0) is 43.2 Å². The van der Waals surface area contributed by atoms with E-state index in [2.05, 4.69) is 5.32 Å². The number of methoxy groups -OCH3 is 1. The van der Waals surface area contributed by atoms with Gasteiger partial charge in [0, 0.05) is 5.56 Å². The molecule has 0 spiro atoms. The van der Waals surface area contributed by atoms with E-state index in [1.54, 1.807) is 31.4 Å². The van der Waals surface area contributed by atoms with Crippen molar-refractivity contribution in [1.29, 1.82) is 0 Å². The predicted octanol–water partition coefficient (Wildman–Crippen LogP) is 2.59. The Morgan fingerprint density at radius 2 is 1.78 bits per heavy atom. The lowest BCUT2D eigenvalue weighted by Crippen LogP contribution is -2.19. The topological polar surface area (TPSA) is 81.4 Å². The molecule has 2 aromatic carbocycles. The van der Waals surface area contributed by atoms with Gasteiger partial charge in [0.1, 0.15) is 5.75 Å². The summed E-state index contributed by atoms with van der Waals surface area (Å²) < 4.78 is 5.34. The highest BCUT2D eigenvalue weighted by atomic mass is 16.5. The maximum Gasteiger partial charge on any atom is 0.250 e. The summed E-state index contributed by atoms with van der Waals surface area (Å²) in [6.45, 7) is 3.98. The second-order valence-corrected chi connectivity index (χ2v) is 5.38. The highest BCUT2D eigenvalue weighted by Crippen LogP contribution is 2.24. The van der Waals surface area contributed by atoms with Crippen molar-refractivity contribution in [1.82, 2.24) is 0 Å². The first kappa shape index (κ1) is 16.5. The molecule has 0 unspecified atom stereocenters. The Morgan fingerprint density at radius 3 is 2.43 bits per heavy atom. The normalized spacial score (nSPS) is 10.2. The van der Waals surface area contributed by atoms with Crippen molar-refractivity contribution in [3.63, 3.8) is 0 Å². The van der Waals surface area contributed by atoms with Crippen LogP contribution in [0.1, 0.15) is 27.0 Å². The van der Waals surface area contributed by atoms with Crippen molar-refractivity contribution in [3.8, 4) is 5.75 Å². The van der Waals surface area contributed by atoms with Crippen molar-refractivity contribution in [3.05, 3.63) is 58.7 Å². The smallest absolute Gasteiger partial charge is 0.250 e. The molecule has 2 amide bonds. The fraction of sp³-hybridized carbons (Fsp3) is 0.222. The Hall–Kier alpha value is -2.82. The number of para-hydroxylation sites is 1. The number of hydrogen-bond donors (Lipinski definition) is 2. The number of anilines is 1. The standard InChI is InChI=1S/C18H20N2O3/c1-11-8-13(16(23-3)9-12(11)2)10-17(21)20-15-7-5-4-6-14(15)18(19)22/h4-9H,10H2,1-3H3,(H2,19,22)(H,20,21). The highest BCUT2D eigenvalue weighted by molar-refractivity contribution is 6.03. The Labute approximate surface area is 135 Å². The Balaban J connectivity index is 2.21. The summed E-state index contributed by atoms with van der Waals surface area (Å²) in [4.78, 5) is 23.7. The number of carbonyl (C=O) groups excluding carboxylic acids is 2. The molecule has 3 N–H and O–H groups in total. The molecule has 0 radical (unpaired) electrons. The fourth-order valence-corrected chi connectivity index (χ4v) is 2.35. The van der Waals surface area contributed by atoms with Gasteiger partial charge in [-0.25, -0.2) is 0 Å². The lowest BCUT2D eigenvalue weighted by atomic mass is 10.0. The number of primary amides is 1. The van der Waals surface area contributed by atoms with E-state index in [9.17, 15) is 9.59 Å². The molecule has 0 aliphatic carbocycles. The van der Waals surface area contributed by atoms with Crippen LogP contribution in [0, 0.1) is 13.8 Å². The number of rotatable bonds is 5. The van der Waals surface area contributed by atoms with E-state index in [0.29, 0.717) is 11.4 Å². The number of hydrogen-bond acceptors (Lipinski definition) is 3. The minimum atomic E-state index is -0.579. The quantitative estimate of drug-likeness (QED) is 0.890. The Morgan fingerprint density at radius 1 is 1.13 bits per heavy atom. The van der Waals surface area contributed by atoms with Crippen LogP contribution in [0.5, 0.6) is 5.75 Å². The zero-order valence-electron chi connectivity index (χ0n) is 13.5. The van der Waals surface area contributed by atoms with Crippen molar-refractivity contribution in [2.75, 3.05) is 12.4 Å². The van der Waals surface area contributed by atoms with Gasteiger partial charge in [0.05, 0.1) is 24.8 Å². The van der Waals surface area contributed by atoms with Crippen LogP contribution in [0.4, 0.5) is 5.69 Å². The third kappa shape index (κ3) is 3.88. The number of nitrogens with two attached hydrogens (primary N) is 1. The minimum absolute atomic E-state index is 0.150. The summed E-state index contributed by atoms with van der Waals surface area (Å²) >= 11 is 0. The Bertz CT molecular complexity index is 754. The molecule has 120 valence electrons. The van der Waals surface area contributed by atoms with E-state index >= 15 is 0 Å². The molecule has 0 aliphatic rings. The SMILES string of the molecule is COc1cc(C)c(C)cc1CC(=O)Nc1ccccc1C(N)=O. The summed E-state index contributed by atoms with van der Waals surface area (Å²) in [5.74, 6) is -0.142. The maximum atomic E-state index is 12.3. The molecular weight excluding hydrogens is 292 g/mol. The van der Waals surface area contributed by atoms with Crippen molar-refractivity contribution in [2.45, 2.75) is 20.3 Å². The lowest BCUT2D eigenvalue weighted by Gasteiger charge is -2.13. The zero-order valence-corrected chi connectivity index (χ0v) is 13.5. The highest BCUT2D eigenvalue weighted by Gasteiger charge is 2.13. The summed E-state index contributed by atoms with van der Waals surface area (Å²) in [7, 11) is 1.58. The molecule has 0 aliphatic heterocycles. The number of amides is 2. The van der Waals surface area contributed by atoms with Gasteiger partial charge in [0.15, 0.2) is 0 Å². The number of aryl methyl sites for hydroxylation is 2. The van der Waals surface area contributed by atoms with Crippen LogP contribution in [-0.2, 0) is 11.2 Å². The van der Waals surface area contributed by atoms with Crippen molar-refractivity contribution >= 4 is 17.5 Å². The van der Waals surface area contributed by atoms with Gasteiger partial charge >= 0.3 is 0 Å². The van der Waals surface area contributed by atoms with Gasteiger partial charge in [0.2, 0.25) is 5.91 Å². The molecule has 0 atom stereocenters. The fourth-order valence-electron chi connectivity index (χ4n) is 2.35. The van der Waals surface area contributed by atoms with Crippen LogP contribution in [0.25, 0.3) is 0 Å². The first-order valence-electron chi connectivity index (χ1n) is 7.25. The van der Waals surface area contributed by atoms with E-state index in [1.807, 2.05) is 26.0 Å². The number of benzene rings is 2. The van der Waals surface area contributed by atoms with Crippen LogP contribution in [0.15, 0.2) is 36.4 Å². The summed E-state index contributed by atoms with van der Waals surface area (Å²) in [6, 6.07) is 10.5. The van der Waals surface area contributed by atoms with E-state index in [1.165, 1.54) is 0 Å². The molecule has 0 fully saturated rings. The van der Waals surface area contributed by atoms with E-state index < -0.39 is 5.91 Å². The number of nitrogens with one attached hydrogen (secondary N) is 1. The number of ether oxygens (including phenoxy) is 1. The molecule has 2 rings (SSSR count). The molecule has 5 nitrogen and oxygen atoms in total. The van der Waals surface area contributed by atoms with Crippen LogP contribution in [0.3, 0.4) is 0 Å². The van der Waals surface area contributed by atoms with E-state index in [4.69, 9.17) is 10.5 Å². The van der Waals surface area contributed by atoms with Crippen LogP contribution in [0.2, 0.25) is 0 Å². The van der Waals surface area contributed by atoms with Gasteiger partial charge in [-0.2, -0.15) is 0 Å². The van der Waals surface area contributed by atoms with Crippen LogP contribution >= 0.6 is 0 Å². The van der Waals surface area contributed by atoms with Gasteiger partial charge < -0.3 is 15.8 Å². The first-order valence-corrected chi connectivity index (χ1v) is 7.25. The largest absolute Gasteiger partial charge is 0.496 e. The van der Waals surface area contributed by atoms with Crippen LogP contribution < -0.4 is 15.8 Å². The lowest BCUT2D eigenvalue weighted by molar-refractivity contribution is -0.115. The minimum Gasteiger partial charge on any atom is -0.496 e. The molecule has 0 aromatic heterocycles. The second-order valence-electron chi connectivity index (χ2n) is 5.38. The first-order chi connectivity index (χ1) is 10.9. The second kappa shape index (κ2) is 6.96. The summed E-state index contributed by atoms with van der Waals surface area (Å²) in [5.41, 5.74) is 9.00. The number of carbonyl (C=O) groups is 2. The molecular formula is C18H20N2O3. The molecule has 0 saturated carbocycles. The van der Waals surface area contributed by atoms with Gasteiger partial charge in [-0.3, -0.25) is 9.59 Å². The Kier molecular flexibility index (Phi) is 5.01. The molecule has 0 bridgehead atoms. The van der Waals surface area contributed by atoms with E-state index in [0.717, 1.165) is 16.7 Å². The monoisotopic (exact) mass is 312 g/mol. The van der Waals surface area contributed by atoms with Crippen molar-refractivity contribution < 1.29 is 14.3 Å². The van der Waals surface area contributed by atoms with Gasteiger partial charge in [-0.1, -0.05) is 18.2 Å². The van der Waals surface area contributed by atoms with Gasteiger partial charge in [0.25, 0.3) is 5.91 Å². The maximum absolute atomic E-state index is 12.3. The van der Waals surface area contributed by atoms with Crippen molar-refractivity contribution in [2.24, 2.45) is 5.73 Å². The predicted molar refractivity (Wildman–Crippen MR) is 89.8 cm³/mol. The average molecular weight is 312 g/mol. The van der Waals surface area contributed by atoms with E-state index in [-0.39, 0.29) is 17.9 Å². The average Bonchev–Trinajstić information content (AvgIpc) is 2.50. The molecule has 0 saturated heterocycles. The zero-order chi connectivity index (χ0) is 17.0. The summed E-state index contributed by atoms with van der Waals surface area (Å²) in [6.07, 6.45) is 0.150. The molecule has 23 heavy (non-hydrogen) atoms. The van der Waals surface area contributed by atoms with Crippen LogP contribution in [-0.4, -0.2) is 18.9 Å². The molecule has 2 aromatic rings. The van der Waals surface area contributed by atoms with Gasteiger partial charge in [-0.15, -0.1) is 0 Å². The third-order valence-corrected chi connectivity index (χ3v) is 3.71.